The zero-order valence-corrected chi connectivity index (χ0v) is 12.6. The highest BCUT2D eigenvalue weighted by Crippen LogP contribution is 2.21. The average molecular weight is 315 g/mol. The molecule has 0 aliphatic heterocycles. The fraction of sp³-hybridized carbons (Fsp3) is 0.385. The summed E-state index contributed by atoms with van der Waals surface area (Å²) in [4.78, 5) is 0. The molecular weight excluding hydrogens is 299 g/mol. The molecule has 0 aliphatic carbocycles. The lowest BCUT2D eigenvalue weighted by molar-refractivity contribution is 0.187. The van der Waals surface area contributed by atoms with Crippen molar-refractivity contribution in [3.05, 3.63) is 40.1 Å². The zero-order valence-electron chi connectivity index (χ0n) is 11.1. The fourth-order valence-electron chi connectivity index (χ4n) is 1.83. The Kier molecular flexibility index (Phi) is 5.37. The van der Waals surface area contributed by atoms with Crippen LogP contribution in [0.3, 0.4) is 0 Å². The lowest BCUT2D eigenvalue weighted by atomic mass is 10.1. The quantitative estimate of drug-likeness (QED) is 0.889. The van der Waals surface area contributed by atoms with Crippen LogP contribution in [0.25, 0.3) is 5.69 Å². The SMILES string of the molecule is COCCC(N)Cc1cn(-c2cc(Cl)cc(Cl)c2)nn1. The minimum atomic E-state index is 0.00282. The first-order valence-corrected chi connectivity index (χ1v) is 6.96. The van der Waals surface area contributed by atoms with Gasteiger partial charge in [-0.2, -0.15) is 0 Å². The van der Waals surface area contributed by atoms with Crippen LogP contribution in [0.4, 0.5) is 0 Å². The highest BCUT2D eigenvalue weighted by atomic mass is 35.5. The van der Waals surface area contributed by atoms with Crippen molar-refractivity contribution < 1.29 is 4.74 Å². The number of benzene rings is 1. The van der Waals surface area contributed by atoms with E-state index in [1.807, 2.05) is 6.20 Å². The molecule has 7 heteroatoms. The van der Waals surface area contributed by atoms with Crippen LogP contribution in [-0.2, 0) is 11.2 Å². The third-order valence-corrected chi connectivity index (χ3v) is 3.25. The number of nitrogens with zero attached hydrogens (tertiary/aromatic N) is 3. The van der Waals surface area contributed by atoms with Crippen molar-refractivity contribution in [3.63, 3.8) is 0 Å². The van der Waals surface area contributed by atoms with Crippen molar-refractivity contribution in [2.75, 3.05) is 13.7 Å². The first kappa shape index (κ1) is 15.3. The van der Waals surface area contributed by atoms with Gasteiger partial charge in [-0.25, -0.2) is 4.68 Å². The third kappa shape index (κ3) is 4.18. The molecule has 1 aromatic carbocycles. The van der Waals surface area contributed by atoms with Crippen LogP contribution in [0, 0.1) is 0 Å². The summed E-state index contributed by atoms with van der Waals surface area (Å²) in [7, 11) is 1.66. The maximum Gasteiger partial charge on any atom is 0.0847 e. The zero-order chi connectivity index (χ0) is 14.5. The molecule has 0 aliphatic rings. The normalized spacial score (nSPS) is 12.6. The molecule has 0 bridgehead atoms. The summed E-state index contributed by atoms with van der Waals surface area (Å²) >= 11 is 11.9. The molecule has 1 aromatic heterocycles. The van der Waals surface area contributed by atoms with Gasteiger partial charge in [-0.3, -0.25) is 0 Å². The Morgan fingerprint density at radius 1 is 1.30 bits per heavy atom. The van der Waals surface area contributed by atoms with Crippen LogP contribution in [0.5, 0.6) is 0 Å². The molecule has 0 saturated carbocycles. The van der Waals surface area contributed by atoms with Crippen LogP contribution in [0.1, 0.15) is 12.1 Å². The number of rotatable bonds is 6. The van der Waals surface area contributed by atoms with Crippen molar-refractivity contribution in [1.29, 1.82) is 0 Å². The minimum Gasteiger partial charge on any atom is -0.385 e. The molecule has 108 valence electrons. The molecule has 5 nitrogen and oxygen atoms in total. The summed E-state index contributed by atoms with van der Waals surface area (Å²) in [6.07, 6.45) is 3.26. The number of aromatic nitrogens is 3. The van der Waals surface area contributed by atoms with Gasteiger partial charge in [0, 0.05) is 36.2 Å². The van der Waals surface area contributed by atoms with E-state index in [0.29, 0.717) is 23.1 Å². The monoisotopic (exact) mass is 314 g/mol. The van der Waals surface area contributed by atoms with Gasteiger partial charge in [0.1, 0.15) is 0 Å². The van der Waals surface area contributed by atoms with Gasteiger partial charge in [0.15, 0.2) is 0 Å². The summed E-state index contributed by atoms with van der Waals surface area (Å²) in [6.45, 7) is 0.638. The fourth-order valence-corrected chi connectivity index (χ4v) is 2.34. The Bertz CT molecular complexity index is 553. The molecule has 1 heterocycles. The molecule has 0 radical (unpaired) electrons. The second-order valence-electron chi connectivity index (χ2n) is 4.53. The summed E-state index contributed by atoms with van der Waals surface area (Å²) in [5, 5.41) is 9.28. The number of nitrogens with two attached hydrogens (primary N) is 1. The van der Waals surface area contributed by atoms with Crippen molar-refractivity contribution in [3.8, 4) is 5.69 Å². The van der Waals surface area contributed by atoms with E-state index >= 15 is 0 Å². The van der Waals surface area contributed by atoms with Gasteiger partial charge in [-0.15, -0.1) is 5.10 Å². The van der Waals surface area contributed by atoms with E-state index in [0.717, 1.165) is 17.8 Å². The number of halogens is 2. The first-order valence-electron chi connectivity index (χ1n) is 6.20. The number of methoxy groups -OCH3 is 1. The van der Waals surface area contributed by atoms with Crippen LogP contribution in [0.2, 0.25) is 10.0 Å². The molecule has 1 unspecified atom stereocenters. The maximum atomic E-state index is 5.99. The van der Waals surface area contributed by atoms with Crippen molar-refractivity contribution in [1.82, 2.24) is 15.0 Å². The molecule has 0 amide bonds. The average Bonchev–Trinajstić information content (AvgIpc) is 2.83. The van der Waals surface area contributed by atoms with Crippen LogP contribution in [0.15, 0.2) is 24.4 Å². The lowest BCUT2D eigenvalue weighted by Gasteiger charge is -2.07. The largest absolute Gasteiger partial charge is 0.385 e. The minimum absolute atomic E-state index is 0.00282. The van der Waals surface area contributed by atoms with Crippen LogP contribution >= 0.6 is 23.2 Å². The second-order valence-corrected chi connectivity index (χ2v) is 5.40. The predicted molar refractivity (Wildman–Crippen MR) is 79.6 cm³/mol. The van der Waals surface area contributed by atoms with E-state index < -0.39 is 0 Å². The maximum absolute atomic E-state index is 5.99. The Labute approximate surface area is 127 Å². The van der Waals surface area contributed by atoms with Crippen molar-refractivity contribution in [2.45, 2.75) is 18.9 Å². The smallest absolute Gasteiger partial charge is 0.0847 e. The standard InChI is InChI=1S/C13H16Cl2N4O/c1-20-3-2-11(16)7-12-8-19(18-17-12)13-5-9(14)4-10(15)6-13/h4-6,8,11H,2-3,7,16H2,1H3. The van der Waals surface area contributed by atoms with Gasteiger partial charge < -0.3 is 10.5 Å². The van der Waals surface area contributed by atoms with E-state index in [1.54, 1.807) is 30.0 Å². The first-order chi connectivity index (χ1) is 9.58. The van der Waals surface area contributed by atoms with E-state index in [1.165, 1.54) is 0 Å². The van der Waals surface area contributed by atoms with E-state index in [2.05, 4.69) is 10.3 Å². The summed E-state index contributed by atoms with van der Waals surface area (Å²) in [5.74, 6) is 0. The van der Waals surface area contributed by atoms with Gasteiger partial charge >= 0.3 is 0 Å². The van der Waals surface area contributed by atoms with Crippen LogP contribution in [-0.4, -0.2) is 34.8 Å². The summed E-state index contributed by atoms with van der Waals surface area (Å²) < 4.78 is 6.64. The topological polar surface area (TPSA) is 66.0 Å². The Hall–Kier alpha value is -1.14. The highest BCUT2D eigenvalue weighted by Gasteiger charge is 2.09. The molecule has 2 rings (SSSR count). The number of ether oxygens (including phenoxy) is 1. The lowest BCUT2D eigenvalue weighted by Crippen LogP contribution is -2.24. The third-order valence-electron chi connectivity index (χ3n) is 2.82. The molecule has 2 aromatic rings. The molecule has 20 heavy (non-hydrogen) atoms. The van der Waals surface area contributed by atoms with E-state index in [4.69, 9.17) is 33.7 Å². The van der Waals surface area contributed by atoms with Gasteiger partial charge in [-0.1, -0.05) is 28.4 Å². The Balaban J connectivity index is 2.08. The second kappa shape index (κ2) is 7.04. The van der Waals surface area contributed by atoms with E-state index in [-0.39, 0.29) is 6.04 Å². The number of hydrogen-bond acceptors (Lipinski definition) is 4. The molecule has 1 atom stereocenters. The van der Waals surface area contributed by atoms with Crippen molar-refractivity contribution in [2.24, 2.45) is 5.73 Å². The van der Waals surface area contributed by atoms with Gasteiger partial charge in [0.25, 0.3) is 0 Å². The molecule has 0 spiro atoms. The van der Waals surface area contributed by atoms with Crippen LogP contribution < -0.4 is 5.73 Å². The van der Waals surface area contributed by atoms with Gasteiger partial charge in [-0.05, 0) is 24.6 Å². The highest BCUT2D eigenvalue weighted by molar-refractivity contribution is 6.34. The van der Waals surface area contributed by atoms with E-state index in [9.17, 15) is 0 Å². The van der Waals surface area contributed by atoms with Gasteiger partial charge in [0.05, 0.1) is 17.6 Å². The Morgan fingerprint density at radius 3 is 2.65 bits per heavy atom. The van der Waals surface area contributed by atoms with Gasteiger partial charge in [0.2, 0.25) is 0 Å². The Morgan fingerprint density at radius 2 is 2.00 bits per heavy atom. The molecular formula is C13H16Cl2N4O. The summed E-state index contributed by atoms with van der Waals surface area (Å²) in [5.41, 5.74) is 7.58. The predicted octanol–water partition coefficient (Wildman–Crippen LogP) is 2.48. The molecule has 0 saturated heterocycles. The number of hydrogen-bond donors (Lipinski definition) is 1. The summed E-state index contributed by atoms with van der Waals surface area (Å²) in [6, 6.07) is 5.22. The van der Waals surface area contributed by atoms with Crippen molar-refractivity contribution >= 4 is 23.2 Å². The molecule has 2 N–H and O–H groups in total. The molecule has 0 fully saturated rings.